The fourth-order valence-electron chi connectivity index (χ4n) is 3.34. The quantitative estimate of drug-likeness (QED) is 0.899. The zero-order chi connectivity index (χ0) is 14.9. The average molecular weight is 278 g/mol. The van der Waals surface area contributed by atoms with Gasteiger partial charge in [-0.25, -0.2) is 0 Å². The van der Waals surface area contributed by atoms with Crippen molar-refractivity contribution in [2.24, 2.45) is 18.9 Å². The maximum atomic E-state index is 4.65. The average Bonchev–Trinajstić information content (AvgIpc) is 2.79. The van der Waals surface area contributed by atoms with Crippen LogP contribution in [0.2, 0.25) is 0 Å². The monoisotopic (exact) mass is 278 g/mol. The van der Waals surface area contributed by atoms with E-state index in [1.807, 2.05) is 0 Å². The van der Waals surface area contributed by atoms with Crippen LogP contribution in [0.4, 0.5) is 5.82 Å². The molecule has 1 aromatic heterocycles. The molecule has 0 aliphatic carbocycles. The first kappa shape index (κ1) is 15.4. The van der Waals surface area contributed by atoms with E-state index in [-0.39, 0.29) is 0 Å². The van der Waals surface area contributed by atoms with Crippen molar-refractivity contribution in [2.75, 3.05) is 18.0 Å². The summed E-state index contributed by atoms with van der Waals surface area (Å²) >= 11 is 0. The molecule has 1 N–H and O–H groups in total. The van der Waals surface area contributed by atoms with Gasteiger partial charge >= 0.3 is 0 Å². The molecule has 0 aromatic carbocycles. The molecule has 2 atom stereocenters. The van der Waals surface area contributed by atoms with Crippen LogP contribution in [0.5, 0.6) is 0 Å². The molecule has 0 spiro atoms. The molecule has 1 aliphatic heterocycles. The number of nitrogens with zero attached hydrogens (tertiary/aromatic N) is 3. The van der Waals surface area contributed by atoms with Crippen LogP contribution in [0.3, 0.4) is 0 Å². The normalized spacial score (nSPS) is 23.1. The topological polar surface area (TPSA) is 33.1 Å². The van der Waals surface area contributed by atoms with Crippen LogP contribution in [0.1, 0.15) is 45.4 Å². The molecule has 2 heterocycles. The predicted molar refractivity (Wildman–Crippen MR) is 85.1 cm³/mol. The second-order valence-electron chi connectivity index (χ2n) is 6.88. The Hall–Kier alpha value is -1.03. The van der Waals surface area contributed by atoms with Crippen LogP contribution in [0, 0.1) is 18.8 Å². The van der Waals surface area contributed by atoms with Gasteiger partial charge in [-0.15, -0.1) is 0 Å². The molecule has 4 nitrogen and oxygen atoms in total. The third-order valence-electron chi connectivity index (χ3n) is 4.22. The molecule has 0 radical (unpaired) electrons. The Morgan fingerprint density at radius 3 is 2.60 bits per heavy atom. The molecule has 0 bridgehead atoms. The van der Waals surface area contributed by atoms with E-state index in [9.17, 15) is 0 Å². The Morgan fingerprint density at radius 2 is 2.05 bits per heavy atom. The first-order valence-corrected chi connectivity index (χ1v) is 7.90. The Labute approximate surface area is 123 Å². The van der Waals surface area contributed by atoms with Gasteiger partial charge in [-0.05, 0) is 38.6 Å². The van der Waals surface area contributed by atoms with Gasteiger partial charge < -0.3 is 10.2 Å². The Kier molecular flexibility index (Phi) is 4.74. The standard InChI is InChI=1S/C16H30N4/c1-11(2)8-17-9-15-14(5)18-19(6)16(15)20-10-12(3)7-13(20)4/h11-13,17H,7-10H2,1-6H3. The van der Waals surface area contributed by atoms with Crippen LogP contribution in [0.25, 0.3) is 0 Å². The smallest absolute Gasteiger partial charge is 0.131 e. The van der Waals surface area contributed by atoms with Crippen molar-refractivity contribution in [3.05, 3.63) is 11.3 Å². The van der Waals surface area contributed by atoms with E-state index in [0.29, 0.717) is 12.0 Å². The van der Waals surface area contributed by atoms with Crippen LogP contribution in [-0.4, -0.2) is 28.9 Å². The maximum absolute atomic E-state index is 4.65. The fraction of sp³-hybridized carbons (Fsp3) is 0.812. The second kappa shape index (κ2) is 6.17. The summed E-state index contributed by atoms with van der Waals surface area (Å²) in [5.41, 5.74) is 2.53. The van der Waals surface area contributed by atoms with Gasteiger partial charge in [0.25, 0.3) is 0 Å². The maximum Gasteiger partial charge on any atom is 0.131 e. The molecule has 2 rings (SSSR count). The number of hydrogen-bond acceptors (Lipinski definition) is 3. The highest BCUT2D eigenvalue weighted by atomic mass is 15.4. The third kappa shape index (κ3) is 3.17. The minimum atomic E-state index is 0.614. The molecule has 0 amide bonds. The SMILES string of the molecule is Cc1nn(C)c(N2CC(C)CC2C)c1CNCC(C)C. The number of hydrogen-bond donors (Lipinski definition) is 1. The van der Waals surface area contributed by atoms with Crippen molar-refractivity contribution in [3.8, 4) is 0 Å². The van der Waals surface area contributed by atoms with Gasteiger partial charge in [-0.1, -0.05) is 20.8 Å². The molecular weight excluding hydrogens is 248 g/mol. The third-order valence-corrected chi connectivity index (χ3v) is 4.22. The van der Waals surface area contributed by atoms with E-state index in [1.165, 1.54) is 17.8 Å². The lowest BCUT2D eigenvalue weighted by Gasteiger charge is -2.25. The van der Waals surface area contributed by atoms with Crippen molar-refractivity contribution in [3.63, 3.8) is 0 Å². The van der Waals surface area contributed by atoms with E-state index < -0.39 is 0 Å². The van der Waals surface area contributed by atoms with Gasteiger partial charge in [-0.2, -0.15) is 5.10 Å². The van der Waals surface area contributed by atoms with Crippen LogP contribution >= 0.6 is 0 Å². The summed E-state index contributed by atoms with van der Waals surface area (Å²) < 4.78 is 2.07. The molecule has 20 heavy (non-hydrogen) atoms. The minimum absolute atomic E-state index is 0.614. The number of anilines is 1. The van der Waals surface area contributed by atoms with Crippen LogP contribution in [-0.2, 0) is 13.6 Å². The van der Waals surface area contributed by atoms with Crippen molar-refractivity contribution in [1.82, 2.24) is 15.1 Å². The molecule has 114 valence electrons. The summed E-state index contributed by atoms with van der Waals surface area (Å²) in [6.07, 6.45) is 1.28. The van der Waals surface area contributed by atoms with Gasteiger partial charge in [0.05, 0.1) is 5.69 Å². The molecule has 1 fully saturated rings. The summed E-state index contributed by atoms with van der Waals surface area (Å²) in [6.45, 7) is 14.4. The van der Waals surface area contributed by atoms with E-state index in [2.05, 4.69) is 61.7 Å². The summed E-state index contributed by atoms with van der Waals surface area (Å²) in [7, 11) is 2.07. The Morgan fingerprint density at radius 1 is 1.35 bits per heavy atom. The number of nitrogens with one attached hydrogen (secondary N) is 1. The van der Waals surface area contributed by atoms with Gasteiger partial charge in [0, 0.05) is 31.7 Å². The van der Waals surface area contributed by atoms with Crippen molar-refractivity contribution < 1.29 is 0 Å². The molecule has 2 unspecified atom stereocenters. The van der Waals surface area contributed by atoms with E-state index in [1.54, 1.807) is 0 Å². The molecule has 4 heteroatoms. The van der Waals surface area contributed by atoms with Gasteiger partial charge in [0.15, 0.2) is 0 Å². The van der Waals surface area contributed by atoms with Crippen LogP contribution < -0.4 is 10.2 Å². The van der Waals surface area contributed by atoms with Crippen LogP contribution in [0.15, 0.2) is 0 Å². The van der Waals surface area contributed by atoms with Crippen molar-refractivity contribution in [1.29, 1.82) is 0 Å². The zero-order valence-electron chi connectivity index (χ0n) is 13.9. The highest BCUT2D eigenvalue weighted by Gasteiger charge is 2.30. The number of rotatable bonds is 5. The lowest BCUT2D eigenvalue weighted by Crippen LogP contribution is -2.30. The highest BCUT2D eigenvalue weighted by Crippen LogP contribution is 2.32. The molecule has 1 aliphatic rings. The first-order valence-electron chi connectivity index (χ1n) is 7.90. The van der Waals surface area contributed by atoms with Crippen molar-refractivity contribution in [2.45, 2.75) is 53.6 Å². The van der Waals surface area contributed by atoms with Crippen molar-refractivity contribution >= 4 is 5.82 Å². The van der Waals surface area contributed by atoms with Gasteiger partial charge in [0.2, 0.25) is 0 Å². The van der Waals surface area contributed by atoms with E-state index in [0.717, 1.165) is 31.2 Å². The lowest BCUT2D eigenvalue weighted by molar-refractivity contribution is 0.550. The minimum Gasteiger partial charge on any atom is -0.354 e. The second-order valence-corrected chi connectivity index (χ2v) is 6.88. The summed E-state index contributed by atoms with van der Waals surface area (Å²) in [4.78, 5) is 2.54. The van der Waals surface area contributed by atoms with Gasteiger partial charge in [0.1, 0.15) is 5.82 Å². The van der Waals surface area contributed by atoms with E-state index in [4.69, 9.17) is 0 Å². The molecule has 0 saturated carbocycles. The number of aryl methyl sites for hydroxylation is 2. The predicted octanol–water partition coefficient (Wildman–Crippen LogP) is 2.71. The summed E-state index contributed by atoms with van der Waals surface area (Å²) in [5.74, 6) is 2.77. The van der Waals surface area contributed by atoms with Gasteiger partial charge in [-0.3, -0.25) is 4.68 Å². The zero-order valence-corrected chi connectivity index (χ0v) is 13.9. The largest absolute Gasteiger partial charge is 0.354 e. The number of aromatic nitrogens is 2. The Bertz CT molecular complexity index is 450. The molecule has 1 saturated heterocycles. The fourth-order valence-corrected chi connectivity index (χ4v) is 3.34. The lowest BCUT2D eigenvalue weighted by atomic mass is 10.1. The molecule has 1 aromatic rings. The highest BCUT2D eigenvalue weighted by molar-refractivity contribution is 5.52. The first-order chi connectivity index (χ1) is 9.40. The summed E-state index contributed by atoms with van der Waals surface area (Å²) in [5, 5.41) is 8.21. The summed E-state index contributed by atoms with van der Waals surface area (Å²) in [6, 6.07) is 0.614. The van der Waals surface area contributed by atoms with E-state index >= 15 is 0 Å². The Balaban J connectivity index is 2.19. The molecular formula is C16H30N4.